The lowest BCUT2D eigenvalue weighted by Gasteiger charge is -2.02. The van der Waals surface area contributed by atoms with Gasteiger partial charge in [-0.2, -0.15) is 4.99 Å². The third-order valence-corrected chi connectivity index (χ3v) is 2.64. The third kappa shape index (κ3) is 3.54. The molecule has 0 aromatic heterocycles. The van der Waals surface area contributed by atoms with Crippen LogP contribution in [0.4, 0.5) is 5.69 Å². The summed E-state index contributed by atoms with van der Waals surface area (Å²) in [6, 6.07) is 5.71. The van der Waals surface area contributed by atoms with Crippen molar-refractivity contribution in [3.8, 4) is 0 Å². The van der Waals surface area contributed by atoms with Gasteiger partial charge in [-0.25, -0.2) is 4.99 Å². The number of rotatable bonds is 2. The first-order valence-electron chi connectivity index (χ1n) is 4.75. The molecule has 6 N–H and O–H groups in total. The lowest BCUT2D eigenvalue weighted by atomic mass is 10.1. The summed E-state index contributed by atoms with van der Waals surface area (Å²) in [5, 5.41) is 0. The minimum atomic E-state index is -0.106. The lowest BCUT2D eigenvalue weighted by Crippen LogP contribution is -2.26. The Labute approximate surface area is 103 Å². The number of nitrogens with two attached hydrogens (primary N) is 3. The average molecular weight is 284 g/mol. The molecule has 86 valence electrons. The molecule has 6 heteroatoms. The molecule has 1 aromatic rings. The zero-order chi connectivity index (χ0) is 12.1. The Balaban J connectivity index is 2.99. The van der Waals surface area contributed by atoms with Gasteiger partial charge >= 0.3 is 0 Å². The molecule has 0 amide bonds. The number of aryl methyl sites for hydroxylation is 1. The molecular weight excluding hydrogens is 270 g/mol. The molecular formula is C10H14BrN5. The number of hydrogen-bond acceptors (Lipinski definition) is 1. The van der Waals surface area contributed by atoms with Gasteiger partial charge in [-0.05, 0) is 24.1 Å². The Kier molecular flexibility index (Phi) is 4.30. The van der Waals surface area contributed by atoms with Crippen molar-refractivity contribution in [3.05, 3.63) is 28.2 Å². The highest BCUT2D eigenvalue weighted by atomic mass is 79.9. The molecule has 0 heterocycles. The fourth-order valence-electron chi connectivity index (χ4n) is 1.18. The van der Waals surface area contributed by atoms with Crippen molar-refractivity contribution in [1.29, 1.82) is 0 Å². The van der Waals surface area contributed by atoms with E-state index < -0.39 is 0 Å². The highest BCUT2D eigenvalue weighted by Crippen LogP contribution is 2.23. The molecule has 16 heavy (non-hydrogen) atoms. The number of benzene rings is 1. The molecule has 0 aliphatic heterocycles. The van der Waals surface area contributed by atoms with Gasteiger partial charge in [0.1, 0.15) is 0 Å². The predicted octanol–water partition coefficient (Wildman–Crippen LogP) is 1.23. The maximum Gasteiger partial charge on any atom is 0.223 e. The van der Waals surface area contributed by atoms with Gasteiger partial charge in [0, 0.05) is 4.47 Å². The van der Waals surface area contributed by atoms with E-state index in [2.05, 4.69) is 32.8 Å². The lowest BCUT2D eigenvalue weighted by molar-refractivity contribution is 1.13. The van der Waals surface area contributed by atoms with E-state index in [0.29, 0.717) is 5.69 Å². The van der Waals surface area contributed by atoms with Gasteiger partial charge in [0.2, 0.25) is 5.96 Å². The maximum atomic E-state index is 5.51. The normalized spacial score (nSPS) is 11.2. The summed E-state index contributed by atoms with van der Waals surface area (Å²) >= 11 is 3.45. The van der Waals surface area contributed by atoms with Gasteiger partial charge in [0.15, 0.2) is 5.96 Å². The standard InChI is InChI=1S/C10H14BrN5/c1-2-6-3-4-7(5-8(6)11)15-10(14)16-9(12)13/h3-5H,2H2,1H3,(H6,12,13,14,15,16). The summed E-state index contributed by atoms with van der Waals surface area (Å²) in [7, 11) is 0. The van der Waals surface area contributed by atoms with E-state index in [1.807, 2.05) is 18.2 Å². The van der Waals surface area contributed by atoms with Crippen LogP contribution in [0.1, 0.15) is 12.5 Å². The number of halogens is 1. The van der Waals surface area contributed by atoms with Gasteiger partial charge in [-0.15, -0.1) is 0 Å². The van der Waals surface area contributed by atoms with Gasteiger partial charge in [0.25, 0.3) is 0 Å². The van der Waals surface area contributed by atoms with Crippen LogP contribution in [0.2, 0.25) is 0 Å². The summed E-state index contributed by atoms with van der Waals surface area (Å²) in [5.41, 5.74) is 17.8. The van der Waals surface area contributed by atoms with Crippen LogP contribution in [0.25, 0.3) is 0 Å². The molecule has 0 aliphatic carbocycles. The summed E-state index contributed by atoms with van der Waals surface area (Å²) in [6.45, 7) is 2.08. The van der Waals surface area contributed by atoms with Gasteiger partial charge in [-0.3, -0.25) is 0 Å². The predicted molar refractivity (Wildman–Crippen MR) is 70.6 cm³/mol. The molecule has 0 saturated heterocycles. The molecule has 0 spiro atoms. The first kappa shape index (κ1) is 12.5. The van der Waals surface area contributed by atoms with Crippen molar-refractivity contribution in [2.24, 2.45) is 27.2 Å². The Bertz CT molecular complexity index is 435. The monoisotopic (exact) mass is 283 g/mol. The molecule has 0 atom stereocenters. The maximum absolute atomic E-state index is 5.51. The first-order valence-corrected chi connectivity index (χ1v) is 5.54. The number of hydrogen-bond donors (Lipinski definition) is 3. The van der Waals surface area contributed by atoms with Gasteiger partial charge < -0.3 is 17.2 Å². The van der Waals surface area contributed by atoms with Crippen molar-refractivity contribution < 1.29 is 0 Å². The zero-order valence-electron chi connectivity index (χ0n) is 8.94. The number of guanidine groups is 2. The third-order valence-electron chi connectivity index (χ3n) is 1.90. The topological polar surface area (TPSA) is 103 Å². The molecule has 0 saturated carbocycles. The SMILES string of the molecule is CCc1ccc(N=C(N)N=C(N)N)cc1Br. The minimum absolute atomic E-state index is 0.0381. The largest absolute Gasteiger partial charge is 0.370 e. The van der Waals surface area contributed by atoms with E-state index >= 15 is 0 Å². The van der Waals surface area contributed by atoms with Crippen LogP contribution >= 0.6 is 15.9 Å². The Morgan fingerprint density at radius 3 is 2.50 bits per heavy atom. The minimum Gasteiger partial charge on any atom is -0.370 e. The molecule has 0 fully saturated rings. The summed E-state index contributed by atoms with van der Waals surface area (Å²) < 4.78 is 0.994. The second kappa shape index (κ2) is 5.50. The van der Waals surface area contributed by atoms with Crippen LogP contribution in [0.15, 0.2) is 32.7 Å². The second-order valence-electron chi connectivity index (χ2n) is 3.14. The van der Waals surface area contributed by atoms with E-state index in [0.717, 1.165) is 10.9 Å². The van der Waals surface area contributed by atoms with E-state index in [1.165, 1.54) is 5.56 Å². The molecule has 1 aromatic carbocycles. The summed E-state index contributed by atoms with van der Waals surface area (Å²) in [6.07, 6.45) is 0.952. The Hall–Kier alpha value is -1.56. The van der Waals surface area contributed by atoms with E-state index in [9.17, 15) is 0 Å². The molecule has 0 bridgehead atoms. The van der Waals surface area contributed by atoms with Crippen LogP contribution in [-0.4, -0.2) is 11.9 Å². The van der Waals surface area contributed by atoms with Crippen molar-refractivity contribution in [2.75, 3.05) is 0 Å². The number of nitrogens with zero attached hydrogens (tertiary/aromatic N) is 2. The molecule has 5 nitrogen and oxygen atoms in total. The summed E-state index contributed by atoms with van der Waals surface area (Å²) in [5.74, 6) is -0.0679. The highest BCUT2D eigenvalue weighted by molar-refractivity contribution is 9.10. The fraction of sp³-hybridized carbons (Fsp3) is 0.200. The van der Waals surface area contributed by atoms with Crippen LogP contribution in [0.3, 0.4) is 0 Å². The van der Waals surface area contributed by atoms with Crippen molar-refractivity contribution in [3.63, 3.8) is 0 Å². The van der Waals surface area contributed by atoms with E-state index in [4.69, 9.17) is 17.2 Å². The van der Waals surface area contributed by atoms with E-state index in [-0.39, 0.29) is 11.9 Å². The zero-order valence-corrected chi connectivity index (χ0v) is 10.5. The quantitative estimate of drug-likeness (QED) is 0.562. The fourth-order valence-corrected chi connectivity index (χ4v) is 1.83. The Morgan fingerprint density at radius 1 is 1.31 bits per heavy atom. The van der Waals surface area contributed by atoms with Crippen molar-refractivity contribution >= 4 is 33.5 Å². The van der Waals surface area contributed by atoms with Gasteiger partial charge in [-0.1, -0.05) is 28.9 Å². The van der Waals surface area contributed by atoms with E-state index in [1.54, 1.807) is 0 Å². The van der Waals surface area contributed by atoms with Crippen molar-refractivity contribution in [1.82, 2.24) is 0 Å². The summed E-state index contributed by atoms with van der Waals surface area (Å²) in [4.78, 5) is 7.68. The Morgan fingerprint density at radius 2 is 2.00 bits per heavy atom. The highest BCUT2D eigenvalue weighted by Gasteiger charge is 1.99. The van der Waals surface area contributed by atoms with Gasteiger partial charge in [0.05, 0.1) is 5.69 Å². The smallest absolute Gasteiger partial charge is 0.223 e. The number of aliphatic imine (C=N–C) groups is 2. The molecule has 0 aliphatic rings. The van der Waals surface area contributed by atoms with Crippen LogP contribution in [-0.2, 0) is 6.42 Å². The first-order chi connectivity index (χ1) is 7.52. The molecule has 0 unspecified atom stereocenters. The second-order valence-corrected chi connectivity index (χ2v) is 3.99. The van der Waals surface area contributed by atoms with Crippen molar-refractivity contribution in [2.45, 2.75) is 13.3 Å². The van der Waals surface area contributed by atoms with Crippen LogP contribution in [0, 0.1) is 0 Å². The van der Waals surface area contributed by atoms with Crippen LogP contribution < -0.4 is 17.2 Å². The average Bonchev–Trinajstić information content (AvgIpc) is 2.16. The van der Waals surface area contributed by atoms with Crippen LogP contribution in [0.5, 0.6) is 0 Å². The molecule has 0 radical (unpaired) electrons. The molecule has 1 rings (SSSR count).